The topological polar surface area (TPSA) is 30.7 Å². The van der Waals surface area contributed by atoms with Crippen molar-refractivity contribution >= 4 is 23.2 Å². The zero-order valence-electron chi connectivity index (χ0n) is 10.1. The van der Waals surface area contributed by atoms with Crippen molar-refractivity contribution in [1.29, 1.82) is 0 Å². The van der Waals surface area contributed by atoms with E-state index in [-0.39, 0.29) is 11.0 Å². The molecule has 3 aromatic rings. The van der Waals surface area contributed by atoms with Crippen molar-refractivity contribution < 1.29 is 4.39 Å². The minimum atomic E-state index is -0.489. The molecule has 0 bridgehead atoms. The van der Waals surface area contributed by atoms with E-state index < -0.39 is 5.82 Å². The van der Waals surface area contributed by atoms with Gasteiger partial charge < -0.3 is 0 Å². The van der Waals surface area contributed by atoms with Crippen molar-refractivity contribution in [3.8, 4) is 17.1 Å². The Balaban J connectivity index is 2.22. The summed E-state index contributed by atoms with van der Waals surface area (Å²) in [6.45, 7) is 0. The van der Waals surface area contributed by atoms with E-state index in [1.807, 2.05) is 30.3 Å². The summed E-state index contributed by atoms with van der Waals surface area (Å²) in [4.78, 5) is 0. The summed E-state index contributed by atoms with van der Waals surface area (Å²) in [5, 5.41) is 8.22. The molecule has 0 aliphatic rings. The van der Waals surface area contributed by atoms with Crippen molar-refractivity contribution in [2.75, 3.05) is 0 Å². The molecule has 0 fully saturated rings. The van der Waals surface area contributed by atoms with Crippen LogP contribution in [0, 0.1) is 5.82 Å². The molecule has 0 radical (unpaired) electrons. The van der Waals surface area contributed by atoms with E-state index in [9.17, 15) is 4.39 Å². The molecule has 6 heteroatoms. The molecule has 0 unspecified atom stereocenters. The first kappa shape index (κ1) is 13.1. The molecule has 3 rings (SSSR count). The van der Waals surface area contributed by atoms with E-state index in [0.717, 1.165) is 5.56 Å². The SMILES string of the molecule is Fc1cc(Cl)ccc1-n1c(Cl)nnc1-c1ccccc1. The maximum absolute atomic E-state index is 14.1. The van der Waals surface area contributed by atoms with Gasteiger partial charge in [0.2, 0.25) is 5.28 Å². The van der Waals surface area contributed by atoms with Crippen LogP contribution in [-0.4, -0.2) is 14.8 Å². The van der Waals surface area contributed by atoms with Crippen LogP contribution in [0.3, 0.4) is 0 Å². The van der Waals surface area contributed by atoms with Crippen LogP contribution in [0.1, 0.15) is 0 Å². The first-order valence-electron chi connectivity index (χ1n) is 5.78. The Hall–Kier alpha value is -1.91. The molecule has 20 heavy (non-hydrogen) atoms. The van der Waals surface area contributed by atoms with Crippen LogP contribution < -0.4 is 0 Å². The van der Waals surface area contributed by atoms with Gasteiger partial charge in [0.05, 0.1) is 5.69 Å². The third-order valence-electron chi connectivity index (χ3n) is 2.81. The van der Waals surface area contributed by atoms with Crippen molar-refractivity contribution in [2.45, 2.75) is 0 Å². The quantitative estimate of drug-likeness (QED) is 0.703. The van der Waals surface area contributed by atoms with Crippen molar-refractivity contribution in [3.63, 3.8) is 0 Å². The van der Waals surface area contributed by atoms with Gasteiger partial charge in [0.25, 0.3) is 0 Å². The summed E-state index contributed by atoms with van der Waals surface area (Å²) >= 11 is 11.8. The number of halogens is 3. The summed E-state index contributed by atoms with van der Waals surface area (Å²) in [6.07, 6.45) is 0. The van der Waals surface area contributed by atoms with E-state index in [1.54, 1.807) is 12.1 Å². The summed E-state index contributed by atoms with van der Waals surface area (Å²) in [5.74, 6) is -0.0202. The Morgan fingerprint density at radius 3 is 2.40 bits per heavy atom. The zero-order valence-corrected chi connectivity index (χ0v) is 11.6. The number of nitrogens with zero attached hydrogens (tertiary/aromatic N) is 3. The van der Waals surface area contributed by atoms with Crippen LogP contribution in [0.5, 0.6) is 0 Å². The summed E-state index contributed by atoms with van der Waals surface area (Å²) < 4.78 is 15.5. The van der Waals surface area contributed by atoms with Gasteiger partial charge in [-0.15, -0.1) is 10.2 Å². The number of hydrogen-bond donors (Lipinski definition) is 0. The zero-order chi connectivity index (χ0) is 14.1. The fourth-order valence-electron chi connectivity index (χ4n) is 1.92. The molecular formula is C14H8Cl2FN3. The van der Waals surface area contributed by atoms with Crippen LogP contribution in [0.4, 0.5) is 4.39 Å². The van der Waals surface area contributed by atoms with E-state index in [0.29, 0.717) is 10.8 Å². The molecule has 0 aliphatic heterocycles. The lowest BCUT2D eigenvalue weighted by Gasteiger charge is -2.09. The molecule has 3 nitrogen and oxygen atoms in total. The number of hydrogen-bond acceptors (Lipinski definition) is 2. The highest BCUT2D eigenvalue weighted by Gasteiger charge is 2.16. The van der Waals surface area contributed by atoms with Gasteiger partial charge >= 0.3 is 0 Å². The molecule has 100 valence electrons. The lowest BCUT2D eigenvalue weighted by Crippen LogP contribution is -2.00. The van der Waals surface area contributed by atoms with E-state index in [1.165, 1.54) is 10.6 Å². The van der Waals surface area contributed by atoms with Gasteiger partial charge in [-0.3, -0.25) is 4.57 Å². The van der Waals surface area contributed by atoms with Crippen LogP contribution in [0.2, 0.25) is 10.3 Å². The van der Waals surface area contributed by atoms with Crippen molar-refractivity contribution in [2.24, 2.45) is 0 Å². The molecule has 0 aliphatic carbocycles. The molecule has 1 heterocycles. The number of benzene rings is 2. The maximum atomic E-state index is 14.1. The molecular weight excluding hydrogens is 300 g/mol. The van der Waals surface area contributed by atoms with E-state index in [2.05, 4.69) is 10.2 Å². The van der Waals surface area contributed by atoms with Gasteiger partial charge in [-0.2, -0.15) is 0 Å². The molecule has 0 amide bonds. The van der Waals surface area contributed by atoms with Crippen LogP contribution in [0.15, 0.2) is 48.5 Å². The first-order chi connectivity index (χ1) is 9.66. The highest BCUT2D eigenvalue weighted by atomic mass is 35.5. The third-order valence-corrected chi connectivity index (χ3v) is 3.29. The first-order valence-corrected chi connectivity index (χ1v) is 6.54. The fourth-order valence-corrected chi connectivity index (χ4v) is 2.28. The Labute approximate surface area is 124 Å². The van der Waals surface area contributed by atoms with Crippen LogP contribution >= 0.6 is 23.2 Å². The second kappa shape index (κ2) is 5.23. The second-order valence-electron chi connectivity index (χ2n) is 4.09. The standard InChI is InChI=1S/C14H8Cl2FN3/c15-10-6-7-12(11(17)8-10)20-13(18-19-14(20)16)9-4-2-1-3-5-9/h1-8H. The van der Waals surface area contributed by atoms with E-state index in [4.69, 9.17) is 23.2 Å². The molecule has 2 aromatic carbocycles. The molecule has 0 N–H and O–H groups in total. The summed E-state index contributed by atoms with van der Waals surface area (Å²) in [7, 11) is 0. The Morgan fingerprint density at radius 1 is 0.950 bits per heavy atom. The molecule has 1 aromatic heterocycles. The van der Waals surface area contributed by atoms with Gasteiger partial charge in [0.1, 0.15) is 5.82 Å². The molecule has 0 saturated carbocycles. The van der Waals surface area contributed by atoms with Crippen molar-refractivity contribution in [3.05, 3.63) is 64.7 Å². The summed E-state index contributed by atoms with van der Waals surface area (Å²) in [6, 6.07) is 13.7. The van der Waals surface area contributed by atoms with Gasteiger partial charge in [-0.1, -0.05) is 41.9 Å². The van der Waals surface area contributed by atoms with Gasteiger partial charge in [0.15, 0.2) is 5.82 Å². The predicted molar refractivity (Wildman–Crippen MR) is 76.8 cm³/mol. The molecule has 0 saturated heterocycles. The number of aromatic nitrogens is 3. The predicted octanol–water partition coefficient (Wildman–Crippen LogP) is 4.38. The number of rotatable bonds is 2. The Morgan fingerprint density at radius 2 is 1.70 bits per heavy atom. The third kappa shape index (κ3) is 2.28. The summed E-state index contributed by atoms with van der Waals surface area (Å²) in [5.41, 5.74) is 1.05. The van der Waals surface area contributed by atoms with Gasteiger partial charge in [0, 0.05) is 10.6 Å². The lowest BCUT2D eigenvalue weighted by molar-refractivity contribution is 0.618. The highest BCUT2D eigenvalue weighted by Crippen LogP contribution is 2.27. The van der Waals surface area contributed by atoms with Gasteiger partial charge in [-0.05, 0) is 29.8 Å². The normalized spacial score (nSPS) is 10.8. The smallest absolute Gasteiger partial charge is 0.230 e. The second-order valence-corrected chi connectivity index (χ2v) is 4.86. The largest absolute Gasteiger partial charge is 0.263 e. The lowest BCUT2D eigenvalue weighted by atomic mass is 10.2. The minimum absolute atomic E-state index is 0.0880. The highest BCUT2D eigenvalue weighted by molar-refractivity contribution is 6.30. The Bertz CT molecular complexity index is 756. The average Bonchev–Trinajstić information content (AvgIpc) is 2.82. The molecule has 0 spiro atoms. The van der Waals surface area contributed by atoms with Crippen LogP contribution in [0.25, 0.3) is 17.1 Å². The van der Waals surface area contributed by atoms with E-state index >= 15 is 0 Å². The molecule has 0 atom stereocenters. The minimum Gasteiger partial charge on any atom is -0.263 e. The fraction of sp³-hybridized carbons (Fsp3) is 0. The van der Waals surface area contributed by atoms with Crippen LogP contribution in [-0.2, 0) is 0 Å². The van der Waals surface area contributed by atoms with Gasteiger partial charge in [-0.25, -0.2) is 4.39 Å². The monoisotopic (exact) mass is 307 g/mol. The van der Waals surface area contributed by atoms with Crippen molar-refractivity contribution in [1.82, 2.24) is 14.8 Å². The average molecular weight is 308 g/mol. The maximum Gasteiger partial charge on any atom is 0.230 e. The Kier molecular flexibility index (Phi) is 3.42.